The first-order chi connectivity index (χ1) is 7.25. The minimum absolute atomic E-state index is 0.235. The molecule has 2 unspecified atom stereocenters. The van der Waals surface area contributed by atoms with Crippen molar-refractivity contribution in [3.8, 4) is 0 Å². The molecule has 0 saturated carbocycles. The van der Waals surface area contributed by atoms with Crippen LogP contribution >= 0.6 is 0 Å². The third-order valence-electron chi connectivity index (χ3n) is 2.67. The van der Waals surface area contributed by atoms with Gasteiger partial charge in [-0.1, -0.05) is 0 Å². The lowest BCUT2D eigenvalue weighted by Gasteiger charge is -2.20. The van der Waals surface area contributed by atoms with Crippen LogP contribution in [-0.2, 0) is 11.2 Å². The first-order valence-corrected chi connectivity index (χ1v) is 5.49. The number of oxazole rings is 1. The zero-order valence-electron chi connectivity index (χ0n) is 8.98. The van der Waals surface area contributed by atoms with Crippen LogP contribution in [0.4, 0.5) is 0 Å². The SMILES string of the molecule is CC(O)c1coc(CC2CCCCO2)n1. The first kappa shape index (κ1) is 10.6. The van der Waals surface area contributed by atoms with Gasteiger partial charge in [-0.25, -0.2) is 4.98 Å². The van der Waals surface area contributed by atoms with E-state index in [9.17, 15) is 5.11 Å². The summed E-state index contributed by atoms with van der Waals surface area (Å²) in [6.45, 7) is 2.52. The van der Waals surface area contributed by atoms with Gasteiger partial charge in [0.15, 0.2) is 5.89 Å². The number of aromatic nitrogens is 1. The number of aliphatic hydroxyl groups excluding tert-OH is 1. The van der Waals surface area contributed by atoms with Crippen molar-refractivity contribution >= 4 is 0 Å². The maximum absolute atomic E-state index is 9.29. The van der Waals surface area contributed by atoms with Gasteiger partial charge in [0.2, 0.25) is 0 Å². The van der Waals surface area contributed by atoms with Crippen molar-refractivity contribution < 1.29 is 14.3 Å². The van der Waals surface area contributed by atoms with Crippen LogP contribution in [0.3, 0.4) is 0 Å². The summed E-state index contributed by atoms with van der Waals surface area (Å²) in [6, 6.07) is 0. The van der Waals surface area contributed by atoms with Crippen LogP contribution in [0.25, 0.3) is 0 Å². The maximum Gasteiger partial charge on any atom is 0.196 e. The molecule has 1 aromatic heterocycles. The summed E-state index contributed by atoms with van der Waals surface area (Å²) >= 11 is 0. The molecule has 0 aliphatic carbocycles. The molecule has 15 heavy (non-hydrogen) atoms. The van der Waals surface area contributed by atoms with Gasteiger partial charge in [0, 0.05) is 6.61 Å². The van der Waals surface area contributed by atoms with Gasteiger partial charge < -0.3 is 14.3 Å². The van der Waals surface area contributed by atoms with Gasteiger partial charge in [0.1, 0.15) is 12.0 Å². The van der Waals surface area contributed by atoms with Crippen LogP contribution in [0.15, 0.2) is 10.7 Å². The molecule has 1 fully saturated rings. The highest BCUT2D eigenvalue weighted by atomic mass is 16.5. The van der Waals surface area contributed by atoms with Gasteiger partial charge in [0.25, 0.3) is 0 Å². The molecule has 2 heterocycles. The van der Waals surface area contributed by atoms with Crippen molar-refractivity contribution in [3.63, 3.8) is 0 Å². The Morgan fingerprint density at radius 3 is 3.07 bits per heavy atom. The lowest BCUT2D eigenvalue weighted by molar-refractivity contribution is 0.0132. The van der Waals surface area contributed by atoms with Gasteiger partial charge in [-0.15, -0.1) is 0 Å². The molecule has 0 aromatic carbocycles. The first-order valence-electron chi connectivity index (χ1n) is 5.49. The Morgan fingerprint density at radius 1 is 1.60 bits per heavy atom. The van der Waals surface area contributed by atoms with Crippen molar-refractivity contribution in [3.05, 3.63) is 17.8 Å². The van der Waals surface area contributed by atoms with Crippen LogP contribution in [0.5, 0.6) is 0 Å². The Morgan fingerprint density at radius 2 is 2.47 bits per heavy atom. The summed E-state index contributed by atoms with van der Waals surface area (Å²) in [5.74, 6) is 0.665. The molecule has 0 bridgehead atoms. The predicted molar refractivity (Wildman–Crippen MR) is 54.4 cm³/mol. The fraction of sp³-hybridized carbons (Fsp3) is 0.727. The van der Waals surface area contributed by atoms with E-state index in [0.717, 1.165) is 19.4 Å². The van der Waals surface area contributed by atoms with Crippen LogP contribution in [-0.4, -0.2) is 22.8 Å². The molecule has 2 atom stereocenters. The molecule has 0 amide bonds. The minimum atomic E-state index is -0.560. The zero-order chi connectivity index (χ0) is 10.7. The minimum Gasteiger partial charge on any atom is -0.449 e. The summed E-state index contributed by atoms with van der Waals surface area (Å²) in [6.07, 6.45) is 5.35. The lowest BCUT2D eigenvalue weighted by atomic mass is 10.1. The molecule has 0 radical (unpaired) electrons. The normalized spacial score (nSPS) is 24.0. The van der Waals surface area contributed by atoms with Crippen molar-refractivity contribution in [2.75, 3.05) is 6.61 Å². The molecule has 1 aliphatic rings. The van der Waals surface area contributed by atoms with E-state index in [1.165, 1.54) is 12.7 Å². The summed E-state index contributed by atoms with van der Waals surface area (Å²) in [5, 5.41) is 9.29. The van der Waals surface area contributed by atoms with Crippen LogP contribution in [0.1, 0.15) is 43.9 Å². The van der Waals surface area contributed by atoms with Gasteiger partial charge in [0.05, 0.1) is 18.6 Å². The Bertz CT molecular complexity index is 303. The Kier molecular flexibility index (Phi) is 3.38. The molecule has 4 nitrogen and oxygen atoms in total. The second-order valence-electron chi connectivity index (χ2n) is 4.03. The van der Waals surface area contributed by atoms with E-state index in [1.54, 1.807) is 6.92 Å². The van der Waals surface area contributed by atoms with E-state index < -0.39 is 6.10 Å². The molecular formula is C11H17NO3. The fourth-order valence-electron chi connectivity index (χ4n) is 1.77. The highest BCUT2D eigenvalue weighted by Crippen LogP contribution is 2.18. The third-order valence-corrected chi connectivity index (χ3v) is 2.67. The van der Waals surface area contributed by atoms with E-state index in [2.05, 4.69) is 4.98 Å². The highest BCUT2D eigenvalue weighted by Gasteiger charge is 2.17. The summed E-state index contributed by atoms with van der Waals surface area (Å²) in [7, 11) is 0. The monoisotopic (exact) mass is 211 g/mol. The molecule has 1 saturated heterocycles. The van der Waals surface area contributed by atoms with Gasteiger partial charge >= 0.3 is 0 Å². The summed E-state index contributed by atoms with van der Waals surface area (Å²) in [5.41, 5.74) is 0.598. The third kappa shape index (κ3) is 2.79. The molecular weight excluding hydrogens is 194 g/mol. The van der Waals surface area contributed by atoms with E-state index >= 15 is 0 Å². The number of aliphatic hydroxyl groups is 1. The second kappa shape index (κ2) is 4.77. The van der Waals surface area contributed by atoms with E-state index in [-0.39, 0.29) is 6.10 Å². The van der Waals surface area contributed by atoms with Crippen LogP contribution in [0, 0.1) is 0 Å². The second-order valence-corrected chi connectivity index (χ2v) is 4.03. The smallest absolute Gasteiger partial charge is 0.196 e. The molecule has 1 aromatic rings. The van der Waals surface area contributed by atoms with E-state index in [4.69, 9.17) is 9.15 Å². The number of ether oxygens (including phenoxy) is 1. The van der Waals surface area contributed by atoms with Gasteiger partial charge in [-0.05, 0) is 26.2 Å². The lowest BCUT2D eigenvalue weighted by Crippen LogP contribution is -2.21. The molecule has 1 N–H and O–H groups in total. The van der Waals surface area contributed by atoms with Crippen molar-refractivity contribution in [2.45, 2.75) is 44.8 Å². The predicted octanol–water partition coefficient (Wildman–Crippen LogP) is 1.84. The zero-order valence-corrected chi connectivity index (χ0v) is 8.98. The van der Waals surface area contributed by atoms with E-state index in [0.29, 0.717) is 18.0 Å². The van der Waals surface area contributed by atoms with Crippen LogP contribution < -0.4 is 0 Å². The van der Waals surface area contributed by atoms with Crippen molar-refractivity contribution in [1.82, 2.24) is 4.98 Å². The fourth-order valence-corrected chi connectivity index (χ4v) is 1.77. The van der Waals surface area contributed by atoms with Gasteiger partial charge in [-0.2, -0.15) is 0 Å². The highest BCUT2D eigenvalue weighted by molar-refractivity contribution is 5.00. The number of rotatable bonds is 3. The topological polar surface area (TPSA) is 55.5 Å². The molecule has 0 spiro atoms. The number of hydrogen-bond donors (Lipinski definition) is 1. The average molecular weight is 211 g/mol. The molecule has 4 heteroatoms. The summed E-state index contributed by atoms with van der Waals surface area (Å²) < 4.78 is 10.9. The Hall–Kier alpha value is -0.870. The molecule has 2 rings (SSSR count). The van der Waals surface area contributed by atoms with Crippen molar-refractivity contribution in [1.29, 1.82) is 0 Å². The van der Waals surface area contributed by atoms with Gasteiger partial charge in [-0.3, -0.25) is 0 Å². The largest absolute Gasteiger partial charge is 0.449 e. The van der Waals surface area contributed by atoms with Crippen LogP contribution in [0.2, 0.25) is 0 Å². The standard InChI is InChI=1S/C11H17NO3/c1-8(13)10-7-15-11(12-10)6-9-4-2-3-5-14-9/h7-9,13H,2-6H2,1H3. The number of hydrogen-bond acceptors (Lipinski definition) is 4. The Balaban J connectivity index is 1.91. The average Bonchev–Trinajstić information content (AvgIpc) is 2.68. The molecule has 1 aliphatic heterocycles. The molecule has 84 valence electrons. The quantitative estimate of drug-likeness (QED) is 0.828. The maximum atomic E-state index is 9.29. The van der Waals surface area contributed by atoms with E-state index in [1.807, 2.05) is 0 Å². The van der Waals surface area contributed by atoms with Crippen molar-refractivity contribution in [2.24, 2.45) is 0 Å². The Labute approximate surface area is 89.3 Å². The summed E-state index contributed by atoms with van der Waals surface area (Å²) in [4.78, 5) is 4.21. The number of nitrogens with zero attached hydrogens (tertiary/aromatic N) is 1.